The molecule has 1 aliphatic heterocycles. The van der Waals surface area contributed by atoms with Gasteiger partial charge in [-0.1, -0.05) is 11.8 Å². The van der Waals surface area contributed by atoms with Crippen LogP contribution in [-0.4, -0.2) is 35.5 Å². The summed E-state index contributed by atoms with van der Waals surface area (Å²) in [5.74, 6) is 0.395. The molecule has 0 aromatic heterocycles. The van der Waals surface area contributed by atoms with Crippen molar-refractivity contribution in [3.8, 4) is 0 Å². The Labute approximate surface area is 99.3 Å². The van der Waals surface area contributed by atoms with Gasteiger partial charge in [0.2, 0.25) is 5.91 Å². The SMILES string of the molecule is CC(N)CCNC(=O)[C@@H]1CSC(=O)N1.Cl. The van der Waals surface area contributed by atoms with Crippen LogP contribution in [-0.2, 0) is 4.79 Å². The lowest BCUT2D eigenvalue weighted by molar-refractivity contribution is -0.122. The molecule has 0 bridgehead atoms. The summed E-state index contributed by atoms with van der Waals surface area (Å²) in [6, 6.07) is -0.288. The van der Waals surface area contributed by atoms with Gasteiger partial charge in [0.25, 0.3) is 5.24 Å². The molecule has 1 heterocycles. The predicted molar refractivity (Wildman–Crippen MR) is 63.3 cm³/mol. The van der Waals surface area contributed by atoms with Crippen molar-refractivity contribution < 1.29 is 9.59 Å². The third kappa shape index (κ3) is 5.25. The maximum atomic E-state index is 11.4. The first-order valence-corrected chi connectivity index (χ1v) is 5.54. The van der Waals surface area contributed by atoms with E-state index in [0.29, 0.717) is 12.3 Å². The second-order valence-corrected chi connectivity index (χ2v) is 4.35. The van der Waals surface area contributed by atoms with E-state index in [1.54, 1.807) is 0 Å². The number of nitrogens with one attached hydrogen (secondary N) is 2. The molecule has 0 saturated carbocycles. The normalized spacial score (nSPS) is 21.5. The Morgan fingerprint density at radius 1 is 1.80 bits per heavy atom. The summed E-state index contributed by atoms with van der Waals surface area (Å²) < 4.78 is 0. The van der Waals surface area contributed by atoms with Crippen LogP contribution >= 0.6 is 24.2 Å². The Morgan fingerprint density at radius 2 is 2.47 bits per heavy atom. The van der Waals surface area contributed by atoms with E-state index in [4.69, 9.17) is 5.73 Å². The number of hydrogen-bond acceptors (Lipinski definition) is 4. The Morgan fingerprint density at radius 3 is 2.93 bits per heavy atom. The predicted octanol–water partition coefficient (Wildman–Crippen LogP) is 0.0867. The highest BCUT2D eigenvalue weighted by Gasteiger charge is 2.27. The van der Waals surface area contributed by atoms with Crippen LogP contribution in [0.5, 0.6) is 0 Å². The van der Waals surface area contributed by atoms with Crippen molar-refractivity contribution >= 4 is 35.3 Å². The molecule has 1 aliphatic rings. The third-order valence-electron chi connectivity index (χ3n) is 1.89. The average molecular weight is 254 g/mol. The van der Waals surface area contributed by atoms with E-state index < -0.39 is 0 Å². The van der Waals surface area contributed by atoms with Crippen molar-refractivity contribution in [3.63, 3.8) is 0 Å². The van der Waals surface area contributed by atoms with Gasteiger partial charge in [0.1, 0.15) is 6.04 Å². The maximum absolute atomic E-state index is 11.4. The van der Waals surface area contributed by atoms with Crippen LogP contribution in [0.2, 0.25) is 0 Å². The van der Waals surface area contributed by atoms with Gasteiger partial charge in [0, 0.05) is 18.3 Å². The minimum absolute atomic E-state index is 0. The molecular formula is C8H16ClN3O2S. The second kappa shape index (κ2) is 6.92. The van der Waals surface area contributed by atoms with Crippen molar-refractivity contribution in [1.29, 1.82) is 0 Å². The summed E-state index contributed by atoms with van der Waals surface area (Å²) in [5, 5.41) is 5.17. The van der Waals surface area contributed by atoms with Crippen LogP contribution in [0.3, 0.4) is 0 Å². The van der Waals surface area contributed by atoms with Crippen molar-refractivity contribution in [2.45, 2.75) is 25.4 Å². The van der Waals surface area contributed by atoms with E-state index in [9.17, 15) is 9.59 Å². The summed E-state index contributed by atoms with van der Waals surface area (Å²) in [5.41, 5.74) is 5.53. The van der Waals surface area contributed by atoms with Crippen LogP contribution in [0.15, 0.2) is 0 Å². The molecule has 0 radical (unpaired) electrons. The molecule has 1 unspecified atom stereocenters. The van der Waals surface area contributed by atoms with E-state index in [-0.39, 0.29) is 35.6 Å². The zero-order chi connectivity index (χ0) is 10.6. The Bertz CT molecular complexity index is 238. The molecule has 5 nitrogen and oxygen atoms in total. The molecule has 2 amide bonds. The van der Waals surface area contributed by atoms with Gasteiger partial charge < -0.3 is 16.4 Å². The van der Waals surface area contributed by atoms with Gasteiger partial charge in [0.05, 0.1) is 0 Å². The molecule has 0 aliphatic carbocycles. The quantitative estimate of drug-likeness (QED) is 0.663. The van der Waals surface area contributed by atoms with Crippen molar-refractivity contribution in [2.24, 2.45) is 5.73 Å². The zero-order valence-corrected chi connectivity index (χ0v) is 10.1. The molecule has 1 saturated heterocycles. The molecule has 7 heteroatoms. The molecule has 15 heavy (non-hydrogen) atoms. The van der Waals surface area contributed by atoms with E-state index in [1.807, 2.05) is 6.92 Å². The largest absolute Gasteiger partial charge is 0.354 e. The number of hydrogen-bond donors (Lipinski definition) is 3. The summed E-state index contributed by atoms with van der Waals surface area (Å²) >= 11 is 1.14. The zero-order valence-electron chi connectivity index (χ0n) is 8.49. The monoisotopic (exact) mass is 253 g/mol. The fourth-order valence-corrected chi connectivity index (χ4v) is 1.85. The maximum Gasteiger partial charge on any atom is 0.279 e. The number of rotatable bonds is 4. The van der Waals surface area contributed by atoms with Gasteiger partial charge in [0.15, 0.2) is 0 Å². The summed E-state index contributed by atoms with van der Waals surface area (Å²) in [6.45, 7) is 2.45. The minimum atomic E-state index is -0.374. The number of carbonyl (C=O) groups excluding carboxylic acids is 2. The standard InChI is InChI=1S/C8H15N3O2S.ClH/c1-5(9)2-3-10-7(12)6-4-14-8(13)11-6;/h5-6H,2-4,9H2,1H3,(H,10,12)(H,11,13);1H/t5?,6-;/m0./s1. The molecule has 1 fully saturated rings. The number of amides is 2. The fourth-order valence-electron chi connectivity index (χ4n) is 1.07. The highest BCUT2D eigenvalue weighted by molar-refractivity contribution is 8.14. The molecule has 88 valence electrons. The lowest BCUT2D eigenvalue weighted by Crippen LogP contribution is -2.43. The molecule has 1 rings (SSSR count). The first-order chi connectivity index (χ1) is 6.59. The van der Waals surface area contributed by atoms with E-state index >= 15 is 0 Å². The summed E-state index contributed by atoms with van der Waals surface area (Å²) in [4.78, 5) is 22.2. The molecule has 0 aromatic rings. The van der Waals surface area contributed by atoms with E-state index in [2.05, 4.69) is 10.6 Å². The van der Waals surface area contributed by atoms with Crippen LogP contribution in [0.25, 0.3) is 0 Å². The molecule has 2 atom stereocenters. The Balaban J connectivity index is 0.00000196. The van der Waals surface area contributed by atoms with Crippen LogP contribution < -0.4 is 16.4 Å². The minimum Gasteiger partial charge on any atom is -0.354 e. The highest BCUT2D eigenvalue weighted by atomic mass is 35.5. The average Bonchev–Trinajstić information content (AvgIpc) is 2.51. The molecular weight excluding hydrogens is 238 g/mol. The number of nitrogens with two attached hydrogens (primary N) is 1. The number of carbonyl (C=O) groups is 2. The lowest BCUT2D eigenvalue weighted by Gasteiger charge is -2.11. The van der Waals surface area contributed by atoms with Crippen LogP contribution in [0.1, 0.15) is 13.3 Å². The first-order valence-electron chi connectivity index (χ1n) is 4.56. The van der Waals surface area contributed by atoms with Crippen molar-refractivity contribution in [1.82, 2.24) is 10.6 Å². The summed E-state index contributed by atoms with van der Waals surface area (Å²) in [6.07, 6.45) is 0.750. The van der Waals surface area contributed by atoms with E-state index in [0.717, 1.165) is 18.2 Å². The number of halogens is 1. The van der Waals surface area contributed by atoms with Crippen molar-refractivity contribution in [3.05, 3.63) is 0 Å². The van der Waals surface area contributed by atoms with Gasteiger partial charge in [-0.2, -0.15) is 0 Å². The fraction of sp³-hybridized carbons (Fsp3) is 0.750. The van der Waals surface area contributed by atoms with Crippen LogP contribution in [0, 0.1) is 0 Å². The van der Waals surface area contributed by atoms with Gasteiger partial charge in [-0.15, -0.1) is 12.4 Å². The molecule has 0 aromatic carbocycles. The molecule has 4 N–H and O–H groups in total. The summed E-state index contributed by atoms with van der Waals surface area (Å²) in [7, 11) is 0. The Hall–Kier alpha value is -0.460. The van der Waals surface area contributed by atoms with Crippen molar-refractivity contribution in [2.75, 3.05) is 12.3 Å². The van der Waals surface area contributed by atoms with Gasteiger partial charge >= 0.3 is 0 Å². The number of thioether (sulfide) groups is 1. The van der Waals surface area contributed by atoms with E-state index in [1.165, 1.54) is 0 Å². The first kappa shape index (κ1) is 14.5. The Kier molecular flexibility index (Phi) is 6.71. The van der Waals surface area contributed by atoms with Gasteiger partial charge in [-0.05, 0) is 13.3 Å². The third-order valence-corrected chi connectivity index (χ3v) is 2.77. The van der Waals surface area contributed by atoms with Crippen LogP contribution in [0.4, 0.5) is 4.79 Å². The smallest absolute Gasteiger partial charge is 0.279 e. The second-order valence-electron chi connectivity index (χ2n) is 3.35. The lowest BCUT2D eigenvalue weighted by atomic mass is 10.2. The highest BCUT2D eigenvalue weighted by Crippen LogP contribution is 2.12. The van der Waals surface area contributed by atoms with Gasteiger partial charge in [-0.25, -0.2) is 0 Å². The topological polar surface area (TPSA) is 84.2 Å². The molecule has 0 spiro atoms. The van der Waals surface area contributed by atoms with Gasteiger partial charge in [-0.3, -0.25) is 9.59 Å².